The van der Waals surface area contributed by atoms with Crippen molar-refractivity contribution in [2.45, 2.75) is 18.8 Å². The predicted octanol–water partition coefficient (Wildman–Crippen LogP) is 8.00. The van der Waals surface area contributed by atoms with Gasteiger partial charge in [0.15, 0.2) is 0 Å². The van der Waals surface area contributed by atoms with Crippen molar-refractivity contribution >= 4 is 48.9 Å². The minimum absolute atomic E-state index is 0.232. The van der Waals surface area contributed by atoms with Crippen LogP contribution < -0.4 is 0 Å². The highest BCUT2D eigenvalue weighted by atomic mass is 79.9. The van der Waals surface area contributed by atoms with Gasteiger partial charge in [0.25, 0.3) is 0 Å². The monoisotopic (exact) mass is 476 g/mol. The average molecular weight is 477 g/mol. The van der Waals surface area contributed by atoms with Crippen LogP contribution in [0.5, 0.6) is 0 Å². The van der Waals surface area contributed by atoms with Gasteiger partial charge < -0.3 is 0 Å². The number of hydrogen-bond donors (Lipinski definition) is 0. The van der Waals surface area contributed by atoms with Crippen molar-refractivity contribution in [2.24, 2.45) is 4.99 Å². The SMILES string of the molecule is Brc1ccc(C2=Nc3c(c4ccccc4c4ccncc34)CCC2c2ccccc2)cc1. The maximum absolute atomic E-state index is 5.44. The van der Waals surface area contributed by atoms with Crippen molar-refractivity contribution in [3.8, 4) is 0 Å². The molecule has 1 aromatic heterocycles. The third-order valence-corrected chi connectivity index (χ3v) is 7.02. The van der Waals surface area contributed by atoms with Gasteiger partial charge in [-0.15, -0.1) is 0 Å². The maximum Gasteiger partial charge on any atom is 0.0765 e. The highest BCUT2D eigenvalue weighted by Crippen LogP contribution is 2.43. The zero-order chi connectivity index (χ0) is 21.5. The van der Waals surface area contributed by atoms with Crippen molar-refractivity contribution in [1.29, 1.82) is 0 Å². The van der Waals surface area contributed by atoms with E-state index in [1.165, 1.54) is 32.8 Å². The summed E-state index contributed by atoms with van der Waals surface area (Å²) in [4.78, 5) is 9.91. The Bertz CT molecular complexity index is 1470. The molecule has 5 aromatic rings. The summed E-state index contributed by atoms with van der Waals surface area (Å²) in [5.41, 5.74) is 6.01. The summed E-state index contributed by atoms with van der Waals surface area (Å²) in [5.74, 6) is 0.232. The number of aliphatic imine (C=N–C) groups is 1. The number of pyridine rings is 1. The molecule has 0 aliphatic carbocycles. The summed E-state index contributed by atoms with van der Waals surface area (Å²) in [5, 5.41) is 4.92. The van der Waals surface area contributed by atoms with Crippen LogP contribution in [-0.4, -0.2) is 10.7 Å². The van der Waals surface area contributed by atoms with E-state index in [1.807, 2.05) is 12.4 Å². The molecular formula is C29H21BrN2. The van der Waals surface area contributed by atoms with E-state index in [0.29, 0.717) is 0 Å². The van der Waals surface area contributed by atoms with Gasteiger partial charge in [0.1, 0.15) is 0 Å². The molecule has 1 unspecified atom stereocenters. The molecule has 2 nitrogen and oxygen atoms in total. The van der Waals surface area contributed by atoms with Gasteiger partial charge in [-0.25, -0.2) is 0 Å². The number of benzene rings is 4. The molecular weight excluding hydrogens is 456 g/mol. The number of fused-ring (bicyclic) bond motifs is 6. The number of nitrogens with zero attached hydrogens (tertiary/aromatic N) is 2. The van der Waals surface area contributed by atoms with Gasteiger partial charge in [0, 0.05) is 28.2 Å². The summed E-state index contributed by atoms with van der Waals surface area (Å²) in [6.45, 7) is 0. The first-order valence-electron chi connectivity index (χ1n) is 11.0. The first kappa shape index (κ1) is 19.4. The Morgan fingerprint density at radius 2 is 1.44 bits per heavy atom. The largest absolute Gasteiger partial charge is 0.264 e. The van der Waals surface area contributed by atoms with Crippen molar-refractivity contribution < 1.29 is 0 Å². The van der Waals surface area contributed by atoms with E-state index in [4.69, 9.17) is 4.99 Å². The minimum Gasteiger partial charge on any atom is -0.264 e. The molecule has 0 amide bonds. The van der Waals surface area contributed by atoms with Crippen LogP contribution in [-0.2, 0) is 6.42 Å². The van der Waals surface area contributed by atoms with Crippen LogP contribution in [0, 0.1) is 0 Å². The van der Waals surface area contributed by atoms with Gasteiger partial charge in [-0.3, -0.25) is 9.98 Å². The lowest BCUT2D eigenvalue weighted by Gasteiger charge is -2.18. The molecule has 0 N–H and O–H groups in total. The van der Waals surface area contributed by atoms with E-state index in [9.17, 15) is 0 Å². The first-order chi connectivity index (χ1) is 15.8. The fourth-order valence-electron chi connectivity index (χ4n) is 4.99. The van der Waals surface area contributed by atoms with Crippen LogP contribution in [0.4, 0.5) is 5.69 Å². The second-order valence-electron chi connectivity index (χ2n) is 8.30. The molecule has 1 atom stereocenters. The van der Waals surface area contributed by atoms with Gasteiger partial charge >= 0.3 is 0 Å². The Labute approximate surface area is 195 Å². The van der Waals surface area contributed by atoms with Crippen LogP contribution in [0.25, 0.3) is 21.5 Å². The van der Waals surface area contributed by atoms with E-state index in [1.54, 1.807) is 0 Å². The minimum atomic E-state index is 0.232. The van der Waals surface area contributed by atoms with Gasteiger partial charge in [0.05, 0.1) is 11.4 Å². The zero-order valence-corrected chi connectivity index (χ0v) is 19.1. The molecule has 0 spiro atoms. The number of hydrogen-bond acceptors (Lipinski definition) is 2. The van der Waals surface area contributed by atoms with Crippen LogP contribution in [0.2, 0.25) is 0 Å². The Morgan fingerprint density at radius 3 is 2.25 bits per heavy atom. The summed E-state index contributed by atoms with van der Waals surface area (Å²) < 4.78 is 1.08. The average Bonchev–Trinajstić information content (AvgIpc) is 3.06. The number of aryl methyl sites for hydroxylation is 1. The molecule has 0 fully saturated rings. The standard InChI is InChI=1S/C29H21BrN2/c30-21-12-10-20(11-13-21)28-22(19-6-2-1-3-7-19)14-15-26-24-9-5-4-8-23(24)25-16-17-31-18-27(25)29(26)32-28/h1-13,16-18,22H,14-15H2. The van der Waals surface area contributed by atoms with Gasteiger partial charge in [-0.05, 0) is 63.9 Å². The van der Waals surface area contributed by atoms with Gasteiger partial charge in [0.2, 0.25) is 0 Å². The quantitative estimate of drug-likeness (QED) is 0.237. The second-order valence-corrected chi connectivity index (χ2v) is 9.22. The predicted molar refractivity (Wildman–Crippen MR) is 137 cm³/mol. The molecule has 154 valence electrons. The van der Waals surface area contributed by atoms with Crippen LogP contribution in [0.1, 0.15) is 29.0 Å². The third-order valence-electron chi connectivity index (χ3n) is 6.49. The smallest absolute Gasteiger partial charge is 0.0765 e. The zero-order valence-electron chi connectivity index (χ0n) is 17.5. The van der Waals surface area contributed by atoms with Gasteiger partial charge in [-0.1, -0.05) is 82.7 Å². The third kappa shape index (κ3) is 3.25. The molecule has 1 aliphatic rings. The van der Waals surface area contributed by atoms with E-state index < -0.39 is 0 Å². The summed E-state index contributed by atoms with van der Waals surface area (Å²) in [6, 6.07) is 30.2. The molecule has 0 radical (unpaired) electrons. The van der Waals surface area contributed by atoms with Crippen LogP contribution in [0.15, 0.2) is 107 Å². The lowest BCUT2D eigenvalue weighted by Crippen LogP contribution is -2.14. The molecule has 6 rings (SSSR count). The lowest BCUT2D eigenvalue weighted by molar-refractivity contribution is 0.779. The number of aromatic nitrogens is 1. The van der Waals surface area contributed by atoms with Crippen LogP contribution >= 0.6 is 15.9 Å². The Kier molecular flexibility index (Phi) is 4.84. The Balaban J connectivity index is 1.68. The molecule has 2 heterocycles. The van der Waals surface area contributed by atoms with Crippen molar-refractivity contribution in [1.82, 2.24) is 4.98 Å². The molecule has 32 heavy (non-hydrogen) atoms. The number of halogens is 1. The maximum atomic E-state index is 5.44. The molecule has 0 saturated carbocycles. The molecule has 1 aliphatic heterocycles. The van der Waals surface area contributed by atoms with E-state index in [2.05, 4.69) is 106 Å². The second kappa shape index (κ2) is 7.99. The summed E-state index contributed by atoms with van der Waals surface area (Å²) in [7, 11) is 0. The molecule has 4 aromatic carbocycles. The van der Waals surface area contributed by atoms with E-state index in [0.717, 1.165) is 34.1 Å². The van der Waals surface area contributed by atoms with Crippen molar-refractivity contribution in [3.63, 3.8) is 0 Å². The van der Waals surface area contributed by atoms with Crippen molar-refractivity contribution in [3.05, 3.63) is 118 Å². The normalized spacial score (nSPS) is 15.9. The van der Waals surface area contributed by atoms with Gasteiger partial charge in [-0.2, -0.15) is 0 Å². The first-order valence-corrected chi connectivity index (χ1v) is 11.8. The summed E-state index contributed by atoms with van der Waals surface area (Å²) >= 11 is 3.58. The van der Waals surface area contributed by atoms with E-state index in [-0.39, 0.29) is 5.92 Å². The van der Waals surface area contributed by atoms with Crippen LogP contribution in [0.3, 0.4) is 0 Å². The lowest BCUT2D eigenvalue weighted by atomic mass is 9.85. The summed E-state index contributed by atoms with van der Waals surface area (Å²) in [6.07, 6.45) is 5.85. The fourth-order valence-corrected chi connectivity index (χ4v) is 5.25. The highest BCUT2D eigenvalue weighted by molar-refractivity contribution is 9.10. The highest BCUT2D eigenvalue weighted by Gasteiger charge is 2.26. The van der Waals surface area contributed by atoms with Crippen molar-refractivity contribution in [2.75, 3.05) is 0 Å². The topological polar surface area (TPSA) is 25.2 Å². The Hall–Kier alpha value is -3.30. The molecule has 0 bridgehead atoms. The fraction of sp³-hybridized carbons (Fsp3) is 0.103. The van der Waals surface area contributed by atoms with E-state index >= 15 is 0 Å². The Morgan fingerprint density at radius 1 is 0.719 bits per heavy atom. The molecule has 3 heteroatoms. The molecule has 0 saturated heterocycles. The number of rotatable bonds is 2.